The minimum absolute atomic E-state index is 0.853. The Bertz CT molecular complexity index is 502. The topological polar surface area (TPSA) is 52.1 Å². The largest absolute Gasteiger partial charge is 0.379 e. The summed E-state index contributed by atoms with van der Waals surface area (Å²) in [5.74, 6) is 0.928. The van der Waals surface area contributed by atoms with E-state index in [1.165, 1.54) is 5.69 Å². The van der Waals surface area contributed by atoms with Crippen LogP contribution < -0.4 is 15.5 Å². The monoisotopic (exact) mass is 361 g/mol. The highest BCUT2D eigenvalue weighted by atomic mass is 16.5. The van der Waals surface area contributed by atoms with E-state index in [4.69, 9.17) is 9.73 Å². The highest BCUT2D eigenvalue weighted by Gasteiger charge is 2.09. The van der Waals surface area contributed by atoms with Crippen molar-refractivity contribution in [1.29, 1.82) is 0 Å². The van der Waals surface area contributed by atoms with Gasteiger partial charge >= 0.3 is 0 Å². The SMILES string of the molecule is CCNC(=NCCCCN(C)c1ccccc1)NCCN1CCOCC1. The van der Waals surface area contributed by atoms with Crippen molar-refractivity contribution in [2.24, 2.45) is 4.99 Å². The lowest BCUT2D eigenvalue weighted by Gasteiger charge is -2.26. The quantitative estimate of drug-likeness (QED) is 0.378. The van der Waals surface area contributed by atoms with E-state index in [0.717, 1.165) is 77.8 Å². The summed E-state index contributed by atoms with van der Waals surface area (Å²) < 4.78 is 5.39. The third-order valence-electron chi connectivity index (χ3n) is 4.54. The predicted molar refractivity (Wildman–Crippen MR) is 110 cm³/mol. The minimum Gasteiger partial charge on any atom is -0.379 e. The molecule has 26 heavy (non-hydrogen) atoms. The van der Waals surface area contributed by atoms with Crippen molar-refractivity contribution in [3.63, 3.8) is 0 Å². The molecule has 0 radical (unpaired) electrons. The number of para-hydroxylation sites is 1. The molecule has 2 N–H and O–H groups in total. The Morgan fingerprint density at radius 2 is 1.92 bits per heavy atom. The Labute approximate surface area is 158 Å². The summed E-state index contributed by atoms with van der Waals surface area (Å²) >= 11 is 0. The summed E-state index contributed by atoms with van der Waals surface area (Å²) in [5, 5.41) is 6.77. The summed E-state index contributed by atoms with van der Waals surface area (Å²) in [6.07, 6.45) is 2.24. The average molecular weight is 362 g/mol. The zero-order valence-electron chi connectivity index (χ0n) is 16.4. The highest BCUT2D eigenvalue weighted by Crippen LogP contribution is 2.11. The maximum absolute atomic E-state index is 5.39. The summed E-state index contributed by atoms with van der Waals surface area (Å²) in [6, 6.07) is 10.5. The summed E-state index contributed by atoms with van der Waals surface area (Å²) in [7, 11) is 2.15. The normalized spacial score (nSPS) is 15.7. The van der Waals surface area contributed by atoms with Crippen molar-refractivity contribution in [2.75, 3.05) is 71.0 Å². The van der Waals surface area contributed by atoms with Crippen LogP contribution in [0, 0.1) is 0 Å². The van der Waals surface area contributed by atoms with Crippen LogP contribution in [-0.4, -0.2) is 76.9 Å². The molecule has 6 heteroatoms. The van der Waals surface area contributed by atoms with E-state index in [2.05, 4.69) is 64.7 Å². The van der Waals surface area contributed by atoms with Crippen LogP contribution in [-0.2, 0) is 4.74 Å². The number of aliphatic imine (C=N–C) groups is 1. The molecule has 0 unspecified atom stereocenters. The van der Waals surface area contributed by atoms with Gasteiger partial charge in [0, 0.05) is 58.5 Å². The third kappa shape index (κ3) is 8.06. The molecule has 6 nitrogen and oxygen atoms in total. The molecule has 1 aliphatic heterocycles. The van der Waals surface area contributed by atoms with E-state index in [1.807, 2.05) is 0 Å². The van der Waals surface area contributed by atoms with Gasteiger partial charge in [-0.3, -0.25) is 9.89 Å². The van der Waals surface area contributed by atoms with Gasteiger partial charge in [0.25, 0.3) is 0 Å². The molecule has 0 aromatic heterocycles. The zero-order valence-corrected chi connectivity index (χ0v) is 16.4. The highest BCUT2D eigenvalue weighted by molar-refractivity contribution is 5.79. The van der Waals surface area contributed by atoms with Crippen molar-refractivity contribution in [1.82, 2.24) is 15.5 Å². The van der Waals surface area contributed by atoms with Crippen LogP contribution in [0.1, 0.15) is 19.8 Å². The Kier molecular flexibility index (Phi) is 9.90. The lowest BCUT2D eigenvalue weighted by atomic mass is 10.2. The zero-order chi connectivity index (χ0) is 18.5. The second-order valence-corrected chi connectivity index (χ2v) is 6.61. The molecule has 2 rings (SSSR count). The number of benzene rings is 1. The van der Waals surface area contributed by atoms with Crippen LogP contribution >= 0.6 is 0 Å². The first-order chi connectivity index (χ1) is 12.8. The second kappa shape index (κ2) is 12.5. The number of hydrogen-bond donors (Lipinski definition) is 2. The fourth-order valence-electron chi connectivity index (χ4n) is 2.96. The first-order valence-corrected chi connectivity index (χ1v) is 9.88. The number of morpholine rings is 1. The molecular weight excluding hydrogens is 326 g/mol. The van der Waals surface area contributed by atoms with Crippen molar-refractivity contribution >= 4 is 11.6 Å². The van der Waals surface area contributed by atoms with E-state index in [9.17, 15) is 0 Å². The number of rotatable bonds is 10. The first kappa shape index (κ1) is 20.5. The maximum atomic E-state index is 5.39. The van der Waals surface area contributed by atoms with E-state index < -0.39 is 0 Å². The average Bonchev–Trinajstić information content (AvgIpc) is 2.69. The van der Waals surface area contributed by atoms with Crippen LogP contribution in [0.15, 0.2) is 35.3 Å². The molecule has 1 aromatic carbocycles. The van der Waals surface area contributed by atoms with Gasteiger partial charge < -0.3 is 20.3 Å². The first-order valence-electron chi connectivity index (χ1n) is 9.88. The van der Waals surface area contributed by atoms with Crippen molar-refractivity contribution < 1.29 is 4.74 Å². The van der Waals surface area contributed by atoms with Crippen LogP contribution in [0.4, 0.5) is 5.69 Å². The van der Waals surface area contributed by atoms with Crippen molar-refractivity contribution in [3.05, 3.63) is 30.3 Å². The number of ether oxygens (including phenoxy) is 1. The maximum Gasteiger partial charge on any atom is 0.191 e. The molecule has 1 aliphatic rings. The molecule has 1 saturated heterocycles. The number of anilines is 1. The van der Waals surface area contributed by atoms with Gasteiger partial charge in [0.1, 0.15) is 0 Å². The summed E-state index contributed by atoms with van der Waals surface area (Å²) in [6.45, 7) is 10.6. The fourth-order valence-corrected chi connectivity index (χ4v) is 2.96. The van der Waals surface area contributed by atoms with E-state index >= 15 is 0 Å². The Hall–Kier alpha value is -1.79. The molecule has 1 fully saturated rings. The van der Waals surface area contributed by atoms with Gasteiger partial charge in [-0.1, -0.05) is 18.2 Å². The third-order valence-corrected chi connectivity index (χ3v) is 4.54. The van der Waals surface area contributed by atoms with Gasteiger partial charge in [-0.2, -0.15) is 0 Å². The molecule has 1 aromatic rings. The van der Waals surface area contributed by atoms with Gasteiger partial charge in [-0.15, -0.1) is 0 Å². The molecule has 0 spiro atoms. The Balaban J connectivity index is 1.61. The fraction of sp³-hybridized carbons (Fsp3) is 0.650. The number of nitrogens with one attached hydrogen (secondary N) is 2. The smallest absolute Gasteiger partial charge is 0.191 e. The molecule has 0 aliphatic carbocycles. The number of nitrogens with zero attached hydrogens (tertiary/aromatic N) is 3. The molecule has 0 amide bonds. The number of guanidine groups is 1. The molecule has 0 saturated carbocycles. The van der Waals surface area contributed by atoms with E-state index in [0.29, 0.717) is 0 Å². The van der Waals surface area contributed by atoms with Gasteiger partial charge in [-0.05, 0) is 31.9 Å². The van der Waals surface area contributed by atoms with Gasteiger partial charge in [0.2, 0.25) is 0 Å². The summed E-state index contributed by atoms with van der Waals surface area (Å²) in [4.78, 5) is 9.43. The molecule has 0 atom stereocenters. The van der Waals surface area contributed by atoms with Crippen LogP contribution in [0.3, 0.4) is 0 Å². The lowest BCUT2D eigenvalue weighted by molar-refractivity contribution is 0.0389. The van der Waals surface area contributed by atoms with Gasteiger partial charge in [0.15, 0.2) is 5.96 Å². The van der Waals surface area contributed by atoms with E-state index in [1.54, 1.807) is 0 Å². The van der Waals surface area contributed by atoms with Crippen molar-refractivity contribution in [2.45, 2.75) is 19.8 Å². The van der Waals surface area contributed by atoms with Crippen LogP contribution in [0.5, 0.6) is 0 Å². The minimum atomic E-state index is 0.853. The second-order valence-electron chi connectivity index (χ2n) is 6.61. The predicted octanol–water partition coefficient (Wildman–Crippen LogP) is 1.79. The Morgan fingerprint density at radius 3 is 2.65 bits per heavy atom. The number of unbranched alkanes of at least 4 members (excludes halogenated alkanes) is 1. The molecule has 146 valence electrons. The van der Waals surface area contributed by atoms with Crippen LogP contribution in [0.25, 0.3) is 0 Å². The van der Waals surface area contributed by atoms with Gasteiger partial charge in [0.05, 0.1) is 13.2 Å². The van der Waals surface area contributed by atoms with Gasteiger partial charge in [-0.25, -0.2) is 0 Å². The van der Waals surface area contributed by atoms with Crippen molar-refractivity contribution in [3.8, 4) is 0 Å². The lowest BCUT2D eigenvalue weighted by Crippen LogP contribution is -2.44. The molecule has 1 heterocycles. The molecular formula is C20H35N5O. The van der Waals surface area contributed by atoms with Crippen LogP contribution in [0.2, 0.25) is 0 Å². The Morgan fingerprint density at radius 1 is 1.15 bits per heavy atom. The number of hydrogen-bond acceptors (Lipinski definition) is 4. The molecule has 0 bridgehead atoms. The van der Waals surface area contributed by atoms with E-state index in [-0.39, 0.29) is 0 Å². The summed E-state index contributed by atoms with van der Waals surface area (Å²) in [5.41, 5.74) is 1.27. The standard InChI is InChI=1S/C20H35N5O/c1-3-21-20(23-12-14-25-15-17-26-18-16-25)22-11-7-8-13-24(2)19-9-5-4-6-10-19/h4-6,9-10H,3,7-8,11-18H2,1-2H3,(H2,21,22,23).